The molecule has 0 amide bonds. The summed E-state index contributed by atoms with van der Waals surface area (Å²) in [5.74, 6) is -3.26. The van der Waals surface area contributed by atoms with E-state index in [2.05, 4.69) is 0 Å². The van der Waals surface area contributed by atoms with Crippen LogP contribution in [0.15, 0.2) is 10.1 Å². The van der Waals surface area contributed by atoms with Crippen LogP contribution in [0.2, 0.25) is 0 Å². The third-order valence-corrected chi connectivity index (χ3v) is 3.70. The molecule has 112 valence electrons. The third-order valence-electron chi connectivity index (χ3n) is 2.35. The van der Waals surface area contributed by atoms with Crippen molar-refractivity contribution in [1.29, 1.82) is 0 Å². The van der Waals surface area contributed by atoms with Crippen molar-refractivity contribution in [2.75, 3.05) is 13.2 Å². The van der Waals surface area contributed by atoms with E-state index in [-0.39, 0.29) is 18.2 Å². The lowest BCUT2D eigenvalue weighted by Crippen LogP contribution is -2.53. The molecule has 0 fully saturated rings. The van der Waals surface area contributed by atoms with Crippen LogP contribution in [0.1, 0.15) is 13.8 Å². The van der Waals surface area contributed by atoms with Crippen LogP contribution in [0, 0.1) is 0 Å². The highest BCUT2D eigenvalue weighted by Crippen LogP contribution is 2.39. The number of carbonyl (C=O) groups is 3. The van der Waals surface area contributed by atoms with Gasteiger partial charge in [-0.2, -0.15) is 0 Å². The van der Waals surface area contributed by atoms with Crippen molar-refractivity contribution < 1.29 is 28.6 Å². The maximum Gasteiger partial charge on any atom is 0.351 e. The van der Waals surface area contributed by atoms with Crippen LogP contribution in [0.4, 0.5) is 0 Å². The molecule has 1 rings (SSSR count). The standard InChI is InChI=1S/C11H11Cl3O6/c1-3-18-9(16)11(14,10(17)19-4-2)7-5(12)6(13)8(15)20-7/h7H,3-4H2,1-2H3. The van der Waals surface area contributed by atoms with Crippen molar-refractivity contribution >= 4 is 52.7 Å². The predicted molar refractivity (Wildman–Crippen MR) is 70.5 cm³/mol. The molecule has 0 spiro atoms. The fourth-order valence-corrected chi connectivity index (χ4v) is 2.20. The molecule has 1 unspecified atom stereocenters. The van der Waals surface area contributed by atoms with Crippen LogP contribution in [0.25, 0.3) is 0 Å². The Balaban J connectivity index is 3.22. The average molecular weight is 346 g/mol. The fraction of sp³-hybridized carbons (Fsp3) is 0.545. The molecule has 0 aliphatic carbocycles. The first-order valence-corrected chi connectivity index (χ1v) is 6.73. The van der Waals surface area contributed by atoms with Gasteiger partial charge in [0.2, 0.25) is 0 Å². The Labute approximate surface area is 129 Å². The van der Waals surface area contributed by atoms with E-state index in [1.807, 2.05) is 0 Å². The molecule has 0 aromatic heterocycles. The minimum Gasteiger partial charge on any atom is -0.464 e. The molecule has 6 nitrogen and oxygen atoms in total. The lowest BCUT2D eigenvalue weighted by atomic mass is 10.0. The Kier molecular flexibility index (Phi) is 5.68. The van der Waals surface area contributed by atoms with Crippen molar-refractivity contribution in [3.8, 4) is 0 Å². The van der Waals surface area contributed by atoms with Crippen LogP contribution < -0.4 is 0 Å². The first-order valence-electron chi connectivity index (χ1n) is 5.60. The molecule has 0 aromatic carbocycles. The van der Waals surface area contributed by atoms with Gasteiger partial charge in [-0.3, -0.25) is 0 Å². The van der Waals surface area contributed by atoms with Gasteiger partial charge >= 0.3 is 17.9 Å². The van der Waals surface area contributed by atoms with Gasteiger partial charge in [0.05, 0.1) is 18.2 Å². The SMILES string of the molecule is CCOC(=O)C(Cl)(C(=O)OCC)C1OC(=O)C(Cl)=C1Cl. The second-order valence-electron chi connectivity index (χ2n) is 3.60. The van der Waals surface area contributed by atoms with Gasteiger partial charge in [0.15, 0.2) is 6.10 Å². The van der Waals surface area contributed by atoms with Gasteiger partial charge in [0, 0.05) is 0 Å². The number of ether oxygens (including phenoxy) is 3. The number of hydrogen-bond acceptors (Lipinski definition) is 6. The fourth-order valence-electron chi connectivity index (χ4n) is 1.45. The zero-order valence-corrected chi connectivity index (χ0v) is 12.8. The van der Waals surface area contributed by atoms with Gasteiger partial charge in [-0.15, -0.1) is 0 Å². The normalized spacial score (nSPS) is 18.9. The smallest absolute Gasteiger partial charge is 0.351 e. The van der Waals surface area contributed by atoms with E-state index in [1.54, 1.807) is 0 Å². The summed E-state index contributed by atoms with van der Waals surface area (Å²) in [5, 5.41) is -0.803. The van der Waals surface area contributed by atoms with Crippen LogP contribution >= 0.6 is 34.8 Å². The number of halogens is 3. The number of esters is 3. The maximum absolute atomic E-state index is 12.0. The second kappa shape index (κ2) is 6.65. The Hall–Kier alpha value is -0.980. The summed E-state index contributed by atoms with van der Waals surface area (Å²) in [6.45, 7) is 2.96. The van der Waals surface area contributed by atoms with Gasteiger partial charge < -0.3 is 14.2 Å². The molecular weight excluding hydrogens is 334 g/mol. The quantitative estimate of drug-likeness (QED) is 0.327. The monoisotopic (exact) mass is 344 g/mol. The molecule has 1 atom stereocenters. The van der Waals surface area contributed by atoms with Gasteiger partial charge in [-0.25, -0.2) is 14.4 Å². The highest BCUT2D eigenvalue weighted by molar-refractivity contribution is 6.51. The molecule has 20 heavy (non-hydrogen) atoms. The molecule has 1 heterocycles. The van der Waals surface area contributed by atoms with E-state index < -0.39 is 33.9 Å². The highest BCUT2D eigenvalue weighted by atomic mass is 35.5. The van der Waals surface area contributed by atoms with Crippen molar-refractivity contribution in [2.24, 2.45) is 0 Å². The molecule has 0 N–H and O–H groups in total. The summed E-state index contributed by atoms with van der Waals surface area (Å²) in [6, 6.07) is 0. The van der Waals surface area contributed by atoms with E-state index in [1.165, 1.54) is 13.8 Å². The number of rotatable bonds is 5. The largest absolute Gasteiger partial charge is 0.464 e. The molecule has 1 aliphatic rings. The molecule has 9 heteroatoms. The van der Waals surface area contributed by atoms with Crippen molar-refractivity contribution in [3.05, 3.63) is 10.1 Å². The molecular formula is C11H11Cl3O6. The maximum atomic E-state index is 12.0. The molecule has 1 aliphatic heterocycles. The summed E-state index contributed by atoms with van der Waals surface area (Å²) in [5.41, 5.74) is 0. The molecule has 0 saturated heterocycles. The van der Waals surface area contributed by atoms with Gasteiger partial charge in [-0.1, -0.05) is 34.8 Å². The lowest BCUT2D eigenvalue weighted by Gasteiger charge is -2.27. The van der Waals surface area contributed by atoms with Gasteiger partial charge in [0.1, 0.15) is 5.03 Å². The first kappa shape index (κ1) is 17.1. The summed E-state index contributed by atoms with van der Waals surface area (Å²) in [4.78, 5) is 32.8. The van der Waals surface area contributed by atoms with Crippen LogP contribution in [-0.4, -0.2) is 42.1 Å². The van der Waals surface area contributed by atoms with Gasteiger partial charge in [0.25, 0.3) is 4.87 Å². The van der Waals surface area contributed by atoms with E-state index >= 15 is 0 Å². The topological polar surface area (TPSA) is 78.9 Å². The third kappa shape index (κ3) is 2.87. The Morgan fingerprint density at radius 3 is 1.95 bits per heavy atom. The average Bonchev–Trinajstić information content (AvgIpc) is 2.66. The van der Waals surface area contributed by atoms with E-state index in [9.17, 15) is 14.4 Å². The van der Waals surface area contributed by atoms with Crippen LogP contribution in [0.3, 0.4) is 0 Å². The van der Waals surface area contributed by atoms with E-state index in [0.717, 1.165) is 0 Å². The van der Waals surface area contributed by atoms with Crippen molar-refractivity contribution in [3.63, 3.8) is 0 Å². The summed E-state index contributed by atoms with van der Waals surface area (Å²) < 4.78 is 14.2. The minimum atomic E-state index is -2.44. The summed E-state index contributed by atoms with van der Waals surface area (Å²) >= 11 is 17.4. The van der Waals surface area contributed by atoms with Crippen molar-refractivity contribution in [2.45, 2.75) is 24.8 Å². The lowest BCUT2D eigenvalue weighted by molar-refractivity contribution is -0.165. The number of hydrogen-bond donors (Lipinski definition) is 0. The molecule has 0 aromatic rings. The minimum absolute atomic E-state index is 0.0392. The van der Waals surface area contributed by atoms with Crippen molar-refractivity contribution in [1.82, 2.24) is 0 Å². The summed E-state index contributed by atoms with van der Waals surface area (Å²) in [7, 11) is 0. The Morgan fingerprint density at radius 1 is 1.20 bits per heavy atom. The number of carbonyl (C=O) groups excluding carboxylic acids is 3. The second-order valence-corrected chi connectivity index (χ2v) is 4.98. The predicted octanol–water partition coefficient (Wildman–Crippen LogP) is 1.70. The Morgan fingerprint density at radius 2 is 1.65 bits per heavy atom. The molecule has 0 saturated carbocycles. The first-order chi connectivity index (χ1) is 9.30. The zero-order chi connectivity index (χ0) is 15.5. The van der Waals surface area contributed by atoms with E-state index in [4.69, 9.17) is 49.0 Å². The number of alkyl halides is 1. The van der Waals surface area contributed by atoms with Crippen LogP contribution in [-0.2, 0) is 28.6 Å². The van der Waals surface area contributed by atoms with E-state index in [0.29, 0.717) is 0 Å². The number of cyclic esters (lactones) is 1. The summed E-state index contributed by atoms with van der Waals surface area (Å²) in [6.07, 6.45) is -1.59. The van der Waals surface area contributed by atoms with Crippen LogP contribution in [0.5, 0.6) is 0 Å². The zero-order valence-electron chi connectivity index (χ0n) is 10.6. The molecule has 0 radical (unpaired) electrons. The Bertz CT molecular complexity index is 455. The van der Waals surface area contributed by atoms with Gasteiger partial charge in [-0.05, 0) is 13.8 Å². The molecule has 0 bridgehead atoms. The highest BCUT2D eigenvalue weighted by Gasteiger charge is 2.60.